The van der Waals surface area contributed by atoms with Gasteiger partial charge < -0.3 is 15.8 Å². The van der Waals surface area contributed by atoms with Crippen LogP contribution in [0.15, 0.2) is 0 Å². The Hall–Kier alpha value is -0.410. The Morgan fingerprint density at radius 2 is 2.10 bits per heavy atom. The maximum absolute atomic E-state index is 11.7. The molecule has 0 heterocycles. The molecule has 1 unspecified atom stereocenters. The molecule has 21 heavy (non-hydrogen) atoms. The number of carbonyl (C=O) groups excluding carboxylic acids is 1. The van der Waals surface area contributed by atoms with Crippen LogP contribution in [-0.2, 0) is 19.6 Å². The van der Waals surface area contributed by atoms with Crippen molar-refractivity contribution < 1.29 is 17.9 Å². The summed E-state index contributed by atoms with van der Waals surface area (Å²) in [5.74, 6) is 0.119. The van der Waals surface area contributed by atoms with Crippen LogP contribution in [0.25, 0.3) is 0 Å². The maximum atomic E-state index is 11.7. The second kappa shape index (κ2) is 10.3. The molecule has 0 aliphatic heterocycles. The molecule has 1 aliphatic carbocycles. The van der Waals surface area contributed by atoms with Crippen molar-refractivity contribution in [3.63, 3.8) is 0 Å². The van der Waals surface area contributed by atoms with E-state index in [2.05, 4.69) is 10.0 Å². The smallest absolute Gasteiger partial charge is 0.222 e. The molecule has 1 saturated carbocycles. The molecule has 1 fully saturated rings. The molecule has 4 N–H and O–H groups in total. The highest BCUT2D eigenvalue weighted by Gasteiger charge is 2.20. The molecule has 0 aromatic carbocycles. The number of hydrogen-bond acceptors (Lipinski definition) is 5. The van der Waals surface area contributed by atoms with E-state index in [1.165, 1.54) is 13.5 Å². The summed E-state index contributed by atoms with van der Waals surface area (Å²) >= 11 is 0. The van der Waals surface area contributed by atoms with Crippen LogP contribution >= 0.6 is 12.4 Å². The highest BCUT2D eigenvalue weighted by atomic mass is 35.5. The largest absolute Gasteiger partial charge is 0.380 e. The van der Waals surface area contributed by atoms with Crippen molar-refractivity contribution in [2.24, 2.45) is 11.7 Å². The Morgan fingerprint density at radius 3 is 2.57 bits per heavy atom. The molecule has 1 rings (SSSR count). The number of hydrogen-bond donors (Lipinski definition) is 3. The minimum atomic E-state index is -3.31. The average molecular weight is 344 g/mol. The zero-order valence-electron chi connectivity index (χ0n) is 12.3. The van der Waals surface area contributed by atoms with E-state index in [9.17, 15) is 13.2 Å². The summed E-state index contributed by atoms with van der Waals surface area (Å²) in [6.45, 7) is 0.861. The highest BCUT2D eigenvalue weighted by Crippen LogP contribution is 2.25. The summed E-state index contributed by atoms with van der Waals surface area (Å²) < 4.78 is 30.9. The van der Waals surface area contributed by atoms with Crippen LogP contribution in [0.5, 0.6) is 0 Å². The van der Waals surface area contributed by atoms with Gasteiger partial charge in [-0.1, -0.05) is 6.42 Å². The van der Waals surface area contributed by atoms with Crippen molar-refractivity contribution in [3.8, 4) is 0 Å². The Labute approximate surface area is 132 Å². The summed E-state index contributed by atoms with van der Waals surface area (Å²) in [7, 11) is -1.82. The quantitative estimate of drug-likeness (QED) is 0.500. The van der Waals surface area contributed by atoms with Gasteiger partial charge in [0.15, 0.2) is 0 Å². The fourth-order valence-corrected chi connectivity index (χ4v) is 2.89. The molecule has 7 nitrogen and oxygen atoms in total. The van der Waals surface area contributed by atoms with Crippen LogP contribution in [0, 0.1) is 5.92 Å². The van der Waals surface area contributed by atoms with Gasteiger partial charge in [0, 0.05) is 26.7 Å². The van der Waals surface area contributed by atoms with Crippen LogP contribution in [-0.4, -0.2) is 52.9 Å². The van der Waals surface area contributed by atoms with Gasteiger partial charge in [0.05, 0.1) is 18.3 Å². The first kappa shape index (κ1) is 20.6. The van der Waals surface area contributed by atoms with Crippen LogP contribution in [0.3, 0.4) is 0 Å². The van der Waals surface area contributed by atoms with E-state index in [1.54, 1.807) is 0 Å². The topological polar surface area (TPSA) is 111 Å². The van der Waals surface area contributed by atoms with Gasteiger partial charge in [-0.15, -0.1) is 12.4 Å². The van der Waals surface area contributed by atoms with Gasteiger partial charge >= 0.3 is 0 Å². The van der Waals surface area contributed by atoms with E-state index < -0.39 is 10.0 Å². The van der Waals surface area contributed by atoms with E-state index in [-0.39, 0.29) is 49.7 Å². The molecule has 1 atom stereocenters. The Kier molecular flexibility index (Phi) is 10.1. The second-order valence-corrected chi connectivity index (χ2v) is 7.04. The summed E-state index contributed by atoms with van der Waals surface area (Å²) in [6, 6.07) is 0. The lowest BCUT2D eigenvalue weighted by molar-refractivity contribution is -0.123. The zero-order valence-corrected chi connectivity index (χ0v) is 14.0. The van der Waals surface area contributed by atoms with Crippen molar-refractivity contribution in [1.29, 1.82) is 0 Å². The first-order chi connectivity index (χ1) is 9.46. The molecule has 1 aliphatic rings. The van der Waals surface area contributed by atoms with Crippen molar-refractivity contribution in [2.75, 3.05) is 32.5 Å². The average Bonchev–Trinajstić information content (AvgIpc) is 2.33. The number of ether oxygens (including phenoxy) is 1. The van der Waals surface area contributed by atoms with Crippen LogP contribution in [0.4, 0.5) is 0 Å². The van der Waals surface area contributed by atoms with Gasteiger partial charge in [0.1, 0.15) is 0 Å². The number of halogens is 1. The van der Waals surface area contributed by atoms with Gasteiger partial charge in [-0.05, 0) is 18.8 Å². The van der Waals surface area contributed by atoms with E-state index in [0.717, 1.165) is 12.8 Å². The number of sulfonamides is 1. The normalized spacial score (nSPS) is 16.7. The van der Waals surface area contributed by atoms with Crippen LogP contribution in [0.1, 0.15) is 25.7 Å². The fourth-order valence-electron chi connectivity index (χ4n) is 1.88. The fraction of sp³-hybridized carbons (Fsp3) is 0.917. The van der Waals surface area contributed by atoms with Crippen LogP contribution < -0.4 is 15.8 Å². The molecule has 0 saturated heterocycles. The standard InChI is InChI=1S/C12H25N3O4S.ClH/c1-19-11(8-13)7-12(16)14-5-6-20(17,18)15-9-10-3-2-4-10;/h10-11,15H,2-9,13H2,1H3,(H,14,16);1H. The number of amides is 1. The molecule has 0 radical (unpaired) electrons. The second-order valence-electron chi connectivity index (χ2n) is 5.11. The number of carbonyl (C=O) groups is 1. The number of rotatable bonds is 10. The SMILES string of the molecule is COC(CN)CC(=O)NCCS(=O)(=O)NCC1CCC1.Cl. The van der Waals surface area contributed by atoms with E-state index in [4.69, 9.17) is 10.5 Å². The lowest BCUT2D eigenvalue weighted by atomic mass is 9.86. The van der Waals surface area contributed by atoms with E-state index >= 15 is 0 Å². The zero-order chi connectivity index (χ0) is 15.0. The molecule has 0 bridgehead atoms. The summed E-state index contributed by atoms with van der Waals surface area (Å²) in [4.78, 5) is 11.5. The molecular formula is C12H26ClN3O4S. The van der Waals surface area contributed by atoms with Gasteiger partial charge in [-0.25, -0.2) is 13.1 Å². The van der Waals surface area contributed by atoms with Gasteiger partial charge in [-0.2, -0.15) is 0 Å². The van der Waals surface area contributed by atoms with Gasteiger partial charge in [0.25, 0.3) is 0 Å². The highest BCUT2D eigenvalue weighted by molar-refractivity contribution is 7.89. The Bertz CT molecular complexity index is 397. The lowest BCUT2D eigenvalue weighted by Gasteiger charge is -2.25. The summed E-state index contributed by atoms with van der Waals surface area (Å²) in [5, 5.41) is 2.56. The minimum Gasteiger partial charge on any atom is -0.380 e. The van der Waals surface area contributed by atoms with E-state index in [1.807, 2.05) is 0 Å². The Balaban J connectivity index is 0.00000400. The summed E-state index contributed by atoms with van der Waals surface area (Å²) in [5.41, 5.74) is 5.41. The monoisotopic (exact) mass is 343 g/mol. The molecule has 9 heteroatoms. The molecule has 1 amide bonds. The third kappa shape index (κ3) is 8.57. The van der Waals surface area contributed by atoms with Crippen molar-refractivity contribution in [1.82, 2.24) is 10.0 Å². The van der Waals surface area contributed by atoms with Gasteiger partial charge in [-0.3, -0.25) is 4.79 Å². The van der Waals surface area contributed by atoms with E-state index in [0.29, 0.717) is 12.5 Å². The minimum absolute atomic E-state index is 0. The third-order valence-corrected chi connectivity index (χ3v) is 4.87. The number of nitrogens with two attached hydrogens (primary N) is 1. The predicted molar refractivity (Wildman–Crippen MR) is 83.9 cm³/mol. The maximum Gasteiger partial charge on any atom is 0.222 e. The third-order valence-electron chi connectivity index (χ3n) is 3.52. The molecule has 0 aromatic heterocycles. The lowest BCUT2D eigenvalue weighted by Crippen LogP contribution is -2.38. The molecular weight excluding hydrogens is 318 g/mol. The summed E-state index contributed by atoms with van der Waals surface area (Å²) in [6.07, 6.45) is 3.18. The molecule has 0 spiro atoms. The first-order valence-corrected chi connectivity index (χ1v) is 8.59. The van der Waals surface area contributed by atoms with Crippen molar-refractivity contribution >= 4 is 28.3 Å². The van der Waals surface area contributed by atoms with Gasteiger partial charge in [0.2, 0.25) is 15.9 Å². The molecule has 0 aromatic rings. The number of methoxy groups -OCH3 is 1. The van der Waals surface area contributed by atoms with Crippen molar-refractivity contribution in [3.05, 3.63) is 0 Å². The van der Waals surface area contributed by atoms with Crippen LogP contribution in [0.2, 0.25) is 0 Å². The predicted octanol–water partition coefficient (Wildman–Crippen LogP) is -0.392. The number of nitrogens with one attached hydrogen (secondary N) is 2. The Morgan fingerprint density at radius 1 is 1.43 bits per heavy atom. The first-order valence-electron chi connectivity index (χ1n) is 6.93. The van der Waals surface area contributed by atoms with Crippen molar-refractivity contribution in [2.45, 2.75) is 31.8 Å². The molecule has 126 valence electrons.